The molecule has 1 saturated heterocycles. The van der Waals surface area contributed by atoms with Crippen molar-refractivity contribution in [1.82, 2.24) is 19.7 Å². The van der Waals surface area contributed by atoms with Gasteiger partial charge >= 0.3 is 0 Å². The molecule has 1 fully saturated rings. The van der Waals surface area contributed by atoms with Crippen LogP contribution in [0.1, 0.15) is 48.3 Å². The number of unbranched alkanes of at least 4 members (excludes halogenated alkanes) is 1. The molecular formula is C25H32N4O5S. The number of amides is 1. The number of carbonyl (C=O) groups is 1. The van der Waals surface area contributed by atoms with Crippen LogP contribution in [0.4, 0.5) is 0 Å². The third-order valence-corrected chi connectivity index (χ3v) is 8.25. The Hall–Kier alpha value is -3.14. The summed E-state index contributed by atoms with van der Waals surface area (Å²) in [7, 11) is 1.80. The minimum absolute atomic E-state index is 0.0190. The predicted molar refractivity (Wildman–Crippen MR) is 135 cm³/mol. The summed E-state index contributed by atoms with van der Waals surface area (Å²) in [6.07, 6.45) is 2.35. The average Bonchev–Trinajstić information content (AvgIpc) is 3.39. The van der Waals surface area contributed by atoms with Crippen molar-refractivity contribution in [1.29, 1.82) is 0 Å². The summed E-state index contributed by atoms with van der Waals surface area (Å²) in [4.78, 5) is 20.2. The normalized spacial score (nSPS) is 17.0. The molecule has 0 spiro atoms. The molecule has 2 aromatic heterocycles. The minimum Gasteiger partial charge on any atom is -0.493 e. The van der Waals surface area contributed by atoms with Crippen LogP contribution in [0.25, 0.3) is 22.3 Å². The summed E-state index contributed by atoms with van der Waals surface area (Å²) in [5.74, 6) is 1.16. The molecule has 0 radical (unpaired) electrons. The largest absolute Gasteiger partial charge is 0.493 e. The van der Waals surface area contributed by atoms with Crippen LogP contribution in [0, 0.1) is 6.92 Å². The smallest absolute Gasteiger partial charge is 0.254 e. The number of carbonyl (C=O) groups excluding carboxylic acids is 1. The number of nitrogens with zero attached hydrogens (tertiary/aromatic N) is 4. The van der Waals surface area contributed by atoms with Crippen LogP contribution in [-0.4, -0.2) is 73.3 Å². The van der Waals surface area contributed by atoms with Gasteiger partial charge in [-0.25, -0.2) is 18.1 Å². The zero-order valence-corrected chi connectivity index (χ0v) is 21.7. The van der Waals surface area contributed by atoms with E-state index >= 15 is 0 Å². The molecule has 1 aliphatic heterocycles. The Morgan fingerprint density at radius 3 is 2.57 bits per heavy atom. The molecule has 0 N–H and O–H groups in total. The van der Waals surface area contributed by atoms with E-state index in [4.69, 9.17) is 14.5 Å². The lowest BCUT2D eigenvalue weighted by atomic mass is 10.0. The quantitative estimate of drug-likeness (QED) is 0.465. The first-order valence-corrected chi connectivity index (χ1v) is 13.6. The Morgan fingerprint density at radius 1 is 1.20 bits per heavy atom. The van der Waals surface area contributed by atoms with Crippen LogP contribution in [0.3, 0.4) is 0 Å². The molecule has 4 rings (SSSR count). The number of aromatic nitrogens is 3. The number of methoxy groups -OCH3 is 2. The lowest BCUT2D eigenvalue weighted by Crippen LogP contribution is -2.28. The summed E-state index contributed by atoms with van der Waals surface area (Å²) in [6.45, 7) is 4.56. The van der Waals surface area contributed by atoms with Gasteiger partial charge in [-0.1, -0.05) is 13.3 Å². The maximum Gasteiger partial charge on any atom is 0.254 e. The highest BCUT2D eigenvalue weighted by Gasteiger charge is 2.32. The first-order valence-electron chi connectivity index (χ1n) is 11.8. The van der Waals surface area contributed by atoms with Gasteiger partial charge in [-0.3, -0.25) is 4.79 Å². The van der Waals surface area contributed by atoms with Crippen LogP contribution >= 0.6 is 0 Å². The van der Waals surface area contributed by atoms with Gasteiger partial charge < -0.3 is 14.4 Å². The lowest BCUT2D eigenvalue weighted by Gasteiger charge is -2.18. The number of ether oxygens (including phenoxy) is 2. The number of hydrogen-bond acceptors (Lipinski definition) is 7. The van der Waals surface area contributed by atoms with Gasteiger partial charge in [0.15, 0.2) is 27.0 Å². The number of sulfone groups is 1. The minimum atomic E-state index is -3.13. The lowest BCUT2D eigenvalue weighted by molar-refractivity contribution is 0.0795. The molecule has 1 atom stereocenters. The molecule has 3 aromatic rings. The number of fused-ring (bicyclic) bond motifs is 1. The number of hydrogen-bond donors (Lipinski definition) is 0. The number of rotatable bonds is 8. The topological polar surface area (TPSA) is 104 Å². The molecular weight excluding hydrogens is 468 g/mol. The molecule has 0 saturated carbocycles. The second-order valence-electron chi connectivity index (χ2n) is 8.99. The van der Waals surface area contributed by atoms with Gasteiger partial charge in [0.1, 0.15) is 0 Å². The second kappa shape index (κ2) is 9.85. The van der Waals surface area contributed by atoms with E-state index in [1.807, 2.05) is 19.1 Å². The van der Waals surface area contributed by atoms with Crippen LogP contribution in [0.2, 0.25) is 0 Å². The Labute approximate surface area is 206 Å². The van der Waals surface area contributed by atoms with Crippen molar-refractivity contribution in [2.24, 2.45) is 0 Å². The van der Waals surface area contributed by atoms with E-state index in [9.17, 15) is 13.2 Å². The molecule has 9 nitrogen and oxygen atoms in total. The van der Waals surface area contributed by atoms with Gasteiger partial charge in [0.25, 0.3) is 5.91 Å². The van der Waals surface area contributed by atoms with E-state index in [1.54, 1.807) is 43.0 Å². The molecule has 1 aromatic carbocycles. The van der Waals surface area contributed by atoms with Crippen molar-refractivity contribution >= 4 is 26.8 Å². The van der Waals surface area contributed by atoms with Crippen molar-refractivity contribution in [3.63, 3.8) is 0 Å². The van der Waals surface area contributed by atoms with Gasteiger partial charge in [0, 0.05) is 19.2 Å². The average molecular weight is 501 g/mol. The third kappa shape index (κ3) is 4.84. The Kier molecular flexibility index (Phi) is 7.02. The molecule has 188 valence electrons. The van der Waals surface area contributed by atoms with E-state index in [0.717, 1.165) is 18.4 Å². The Bertz CT molecular complexity index is 1370. The molecule has 3 heterocycles. The summed E-state index contributed by atoms with van der Waals surface area (Å²) < 4.78 is 36.9. The monoisotopic (exact) mass is 500 g/mol. The van der Waals surface area contributed by atoms with Crippen molar-refractivity contribution in [2.45, 2.75) is 39.2 Å². The Morgan fingerprint density at radius 2 is 1.94 bits per heavy atom. The number of benzene rings is 1. The van der Waals surface area contributed by atoms with Crippen LogP contribution in [0.5, 0.6) is 11.5 Å². The fraction of sp³-hybridized carbons (Fsp3) is 0.480. The summed E-state index contributed by atoms with van der Waals surface area (Å²) in [5, 5.41) is 5.33. The van der Waals surface area contributed by atoms with Gasteiger partial charge in [-0.05, 0) is 44.0 Å². The van der Waals surface area contributed by atoms with Crippen molar-refractivity contribution in [3.05, 3.63) is 35.5 Å². The maximum atomic E-state index is 13.6. The molecule has 35 heavy (non-hydrogen) atoms. The summed E-state index contributed by atoms with van der Waals surface area (Å²) in [6, 6.07) is 6.94. The number of pyridine rings is 1. The van der Waals surface area contributed by atoms with E-state index in [0.29, 0.717) is 52.4 Å². The summed E-state index contributed by atoms with van der Waals surface area (Å²) in [5.41, 5.74) is 3.00. The van der Waals surface area contributed by atoms with Crippen molar-refractivity contribution < 1.29 is 22.7 Å². The molecule has 1 amide bonds. The zero-order chi connectivity index (χ0) is 25.3. The van der Waals surface area contributed by atoms with E-state index < -0.39 is 9.84 Å². The molecule has 10 heteroatoms. The van der Waals surface area contributed by atoms with E-state index in [1.165, 1.54) is 0 Å². The van der Waals surface area contributed by atoms with Gasteiger partial charge in [-0.15, -0.1) is 0 Å². The third-order valence-electron chi connectivity index (χ3n) is 6.49. The molecule has 0 aliphatic carbocycles. The van der Waals surface area contributed by atoms with Crippen LogP contribution in [-0.2, 0) is 9.84 Å². The van der Waals surface area contributed by atoms with E-state index in [2.05, 4.69) is 12.0 Å². The SMILES string of the molecule is CCCCN(C)C(=O)c1cc(-c2ccc(OC)c(OC)c2)nc2c1c(C)nn2C1CCS(=O)(=O)C1. The predicted octanol–water partition coefficient (Wildman–Crippen LogP) is 3.66. The fourth-order valence-corrected chi connectivity index (χ4v) is 6.24. The second-order valence-corrected chi connectivity index (χ2v) is 11.2. The summed E-state index contributed by atoms with van der Waals surface area (Å²) >= 11 is 0. The first kappa shape index (κ1) is 25.0. The Balaban J connectivity index is 1.92. The maximum absolute atomic E-state index is 13.6. The van der Waals surface area contributed by atoms with Crippen molar-refractivity contribution in [2.75, 3.05) is 39.3 Å². The first-order chi connectivity index (χ1) is 16.7. The van der Waals surface area contributed by atoms with Crippen molar-refractivity contribution in [3.8, 4) is 22.8 Å². The fourth-order valence-electron chi connectivity index (χ4n) is 4.55. The highest BCUT2D eigenvalue weighted by molar-refractivity contribution is 7.91. The van der Waals surface area contributed by atoms with Crippen LogP contribution in [0.15, 0.2) is 24.3 Å². The van der Waals surface area contributed by atoms with Gasteiger partial charge in [-0.2, -0.15) is 5.10 Å². The molecule has 0 bridgehead atoms. The highest BCUT2D eigenvalue weighted by atomic mass is 32.2. The van der Waals surface area contributed by atoms with E-state index in [-0.39, 0.29) is 23.5 Å². The van der Waals surface area contributed by atoms with Gasteiger partial charge in [0.05, 0.1) is 54.1 Å². The molecule has 1 aliphatic rings. The standard InChI is InChI=1S/C25H32N4O5S/c1-6-7-11-28(3)25(30)19-14-20(17-8-9-21(33-4)22(13-17)34-5)26-24-23(19)16(2)27-29(24)18-10-12-35(31,32)15-18/h8-9,13-14,18H,6-7,10-12,15H2,1-5H3. The van der Waals surface area contributed by atoms with Gasteiger partial charge in [0.2, 0.25) is 0 Å². The highest BCUT2D eigenvalue weighted by Crippen LogP contribution is 2.35. The zero-order valence-electron chi connectivity index (χ0n) is 20.9. The number of aryl methyl sites for hydroxylation is 1. The van der Waals surface area contributed by atoms with Crippen LogP contribution < -0.4 is 9.47 Å². The molecule has 1 unspecified atom stereocenters.